The fourth-order valence-electron chi connectivity index (χ4n) is 4.21. The molecule has 0 unspecified atom stereocenters. The SMILES string of the molecule is CCN(CCCOc1ccc2c(Nc3cc(CC(=O)Nc4cccc(F)c4)[nH]n3)ncnc2c1)CCC(C)(C)C. The molecule has 2 aromatic heterocycles. The summed E-state index contributed by atoms with van der Waals surface area (Å²) >= 11 is 0. The zero-order valence-electron chi connectivity index (χ0n) is 23.6. The van der Waals surface area contributed by atoms with Crippen LogP contribution in [0.15, 0.2) is 54.9 Å². The van der Waals surface area contributed by atoms with Crippen molar-refractivity contribution < 1.29 is 13.9 Å². The first-order valence-corrected chi connectivity index (χ1v) is 13.6. The number of carbonyl (C=O) groups is 1. The lowest BCUT2D eigenvalue weighted by molar-refractivity contribution is -0.115. The summed E-state index contributed by atoms with van der Waals surface area (Å²) in [5.41, 5.74) is 2.09. The first-order valence-electron chi connectivity index (χ1n) is 13.6. The van der Waals surface area contributed by atoms with Crippen LogP contribution in [0.2, 0.25) is 0 Å². The summed E-state index contributed by atoms with van der Waals surface area (Å²) in [5, 5.41) is 13.8. The molecule has 10 heteroatoms. The van der Waals surface area contributed by atoms with Gasteiger partial charge in [-0.1, -0.05) is 33.8 Å². The third kappa shape index (κ3) is 8.74. The molecule has 212 valence electrons. The molecule has 2 aromatic carbocycles. The number of hydrogen-bond acceptors (Lipinski definition) is 7. The maximum atomic E-state index is 13.4. The Morgan fingerprint density at radius 2 is 1.95 bits per heavy atom. The van der Waals surface area contributed by atoms with Gasteiger partial charge in [0.15, 0.2) is 5.82 Å². The van der Waals surface area contributed by atoms with Crippen molar-refractivity contribution in [1.29, 1.82) is 0 Å². The number of amides is 1. The van der Waals surface area contributed by atoms with Gasteiger partial charge < -0.3 is 20.3 Å². The van der Waals surface area contributed by atoms with Gasteiger partial charge in [-0.2, -0.15) is 5.10 Å². The Labute approximate surface area is 234 Å². The van der Waals surface area contributed by atoms with Crippen LogP contribution < -0.4 is 15.4 Å². The van der Waals surface area contributed by atoms with Crippen molar-refractivity contribution in [3.05, 3.63) is 66.4 Å². The molecular formula is C30H38FN7O2. The van der Waals surface area contributed by atoms with Crippen LogP contribution in [-0.2, 0) is 11.2 Å². The third-order valence-electron chi connectivity index (χ3n) is 6.46. The summed E-state index contributed by atoms with van der Waals surface area (Å²) in [6, 6.07) is 13.2. The predicted octanol–water partition coefficient (Wildman–Crippen LogP) is 5.94. The quantitative estimate of drug-likeness (QED) is 0.178. The Morgan fingerprint density at radius 3 is 2.73 bits per heavy atom. The smallest absolute Gasteiger partial charge is 0.230 e. The fourth-order valence-corrected chi connectivity index (χ4v) is 4.21. The number of carbonyl (C=O) groups excluding carboxylic acids is 1. The maximum Gasteiger partial charge on any atom is 0.230 e. The summed E-state index contributed by atoms with van der Waals surface area (Å²) in [6.07, 6.45) is 3.67. The zero-order valence-corrected chi connectivity index (χ0v) is 23.6. The molecule has 0 bridgehead atoms. The van der Waals surface area contributed by atoms with Crippen molar-refractivity contribution in [2.75, 3.05) is 36.9 Å². The van der Waals surface area contributed by atoms with Gasteiger partial charge in [-0.3, -0.25) is 9.89 Å². The van der Waals surface area contributed by atoms with Gasteiger partial charge in [-0.15, -0.1) is 0 Å². The molecule has 4 rings (SSSR count). The highest BCUT2D eigenvalue weighted by atomic mass is 19.1. The van der Waals surface area contributed by atoms with Crippen molar-refractivity contribution in [3.63, 3.8) is 0 Å². The summed E-state index contributed by atoms with van der Waals surface area (Å²) in [6.45, 7) is 12.8. The molecule has 3 N–H and O–H groups in total. The lowest BCUT2D eigenvalue weighted by Gasteiger charge is -2.25. The average Bonchev–Trinajstić information content (AvgIpc) is 3.34. The van der Waals surface area contributed by atoms with Gasteiger partial charge in [0.05, 0.1) is 18.5 Å². The third-order valence-corrected chi connectivity index (χ3v) is 6.46. The van der Waals surface area contributed by atoms with E-state index in [1.54, 1.807) is 18.2 Å². The number of ether oxygens (including phenoxy) is 1. The van der Waals surface area contributed by atoms with E-state index in [9.17, 15) is 9.18 Å². The largest absolute Gasteiger partial charge is 0.493 e. The van der Waals surface area contributed by atoms with Gasteiger partial charge in [-0.25, -0.2) is 14.4 Å². The molecule has 0 fully saturated rings. The molecule has 0 aliphatic carbocycles. The van der Waals surface area contributed by atoms with E-state index in [4.69, 9.17) is 4.74 Å². The van der Waals surface area contributed by atoms with E-state index in [0.717, 1.165) is 42.7 Å². The number of nitrogens with zero attached hydrogens (tertiary/aromatic N) is 4. The Kier molecular flexibility index (Phi) is 9.65. The number of fused-ring (bicyclic) bond motifs is 1. The monoisotopic (exact) mass is 547 g/mol. The van der Waals surface area contributed by atoms with Crippen LogP contribution in [0.4, 0.5) is 21.7 Å². The molecule has 9 nitrogen and oxygen atoms in total. The summed E-state index contributed by atoms with van der Waals surface area (Å²) in [5.74, 6) is 1.18. The summed E-state index contributed by atoms with van der Waals surface area (Å²) in [4.78, 5) is 23.6. The number of anilines is 3. The highest BCUT2D eigenvalue weighted by molar-refractivity contribution is 5.93. The minimum Gasteiger partial charge on any atom is -0.493 e. The maximum absolute atomic E-state index is 13.4. The molecule has 0 aliphatic rings. The molecule has 0 spiro atoms. The van der Waals surface area contributed by atoms with Crippen molar-refractivity contribution in [2.24, 2.45) is 5.41 Å². The van der Waals surface area contributed by atoms with Crippen LogP contribution >= 0.6 is 0 Å². The van der Waals surface area contributed by atoms with Gasteiger partial charge in [0, 0.05) is 35.4 Å². The van der Waals surface area contributed by atoms with Crippen molar-refractivity contribution in [1.82, 2.24) is 25.1 Å². The van der Waals surface area contributed by atoms with Gasteiger partial charge in [-0.05, 0) is 61.7 Å². The van der Waals surface area contributed by atoms with Crippen LogP contribution in [0.5, 0.6) is 5.75 Å². The molecule has 0 aliphatic heterocycles. The number of aromatic amines is 1. The normalized spacial score (nSPS) is 11.7. The number of benzene rings is 2. The van der Waals surface area contributed by atoms with Gasteiger partial charge in [0.25, 0.3) is 0 Å². The molecule has 0 atom stereocenters. The topological polar surface area (TPSA) is 108 Å². The lowest BCUT2D eigenvalue weighted by atomic mass is 9.92. The number of hydrogen-bond donors (Lipinski definition) is 3. The molecule has 0 saturated heterocycles. The van der Waals surface area contributed by atoms with Gasteiger partial charge in [0.2, 0.25) is 5.91 Å². The average molecular weight is 548 g/mol. The molecule has 4 aromatic rings. The second-order valence-corrected chi connectivity index (χ2v) is 11.0. The first kappa shape index (κ1) is 28.9. The lowest BCUT2D eigenvalue weighted by Crippen LogP contribution is -2.29. The molecule has 0 saturated carbocycles. The summed E-state index contributed by atoms with van der Waals surface area (Å²) < 4.78 is 19.4. The summed E-state index contributed by atoms with van der Waals surface area (Å²) in [7, 11) is 0. The van der Waals surface area contributed by atoms with E-state index >= 15 is 0 Å². The van der Waals surface area contributed by atoms with Gasteiger partial charge in [0.1, 0.15) is 23.7 Å². The van der Waals surface area contributed by atoms with Crippen LogP contribution in [0, 0.1) is 11.2 Å². The minimum absolute atomic E-state index is 0.0586. The van der Waals surface area contributed by atoms with E-state index in [0.29, 0.717) is 35.0 Å². The molecule has 2 heterocycles. The van der Waals surface area contributed by atoms with Crippen LogP contribution in [-0.4, -0.2) is 57.2 Å². The number of nitrogens with one attached hydrogen (secondary N) is 3. The first-order chi connectivity index (χ1) is 19.2. The van der Waals surface area contributed by atoms with Crippen LogP contribution in [0.25, 0.3) is 10.9 Å². The van der Waals surface area contributed by atoms with E-state index in [2.05, 4.69) is 63.4 Å². The Morgan fingerprint density at radius 1 is 1.10 bits per heavy atom. The molecular weight excluding hydrogens is 509 g/mol. The highest BCUT2D eigenvalue weighted by Crippen LogP contribution is 2.26. The van der Waals surface area contributed by atoms with Crippen molar-refractivity contribution in [2.45, 2.75) is 47.0 Å². The van der Waals surface area contributed by atoms with E-state index in [1.165, 1.54) is 24.9 Å². The molecule has 1 amide bonds. The number of rotatable bonds is 13. The van der Waals surface area contributed by atoms with Crippen LogP contribution in [0.3, 0.4) is 0 Å². The number of H-pyrrole nitrogens is 1. The van der Waals surface area contributed by atoms with Crippen molar-refractivity contribution >= 4 is 34.1 Å². The minimum atomic E-state index is -0.410. The molecule has 0 radical (unpaired) electrons. The standard InChI is InChI=1S/C30H38FN7O2/c1-5-38(14-12-30(2,3)4)13-7-15-40-24-10-11-25-26(19-24)32-20-33-29(25)35-27-17-23(36-37-27)18-28(39)34-22-9-6-8-21(31)16-22/h6,8-11,16-17,19-20H,5,7,12-15,18H2,1-4H3,(H,34,39)(H2,32,33,35,36,37). The van der Waals surface area contributed by atoms with E-state index < -0.39 is 5.82 Å². The fraction of sp³-hybridized carbons (Fsp3) is 0.400. The predicted molar refractivity (Wildman–Crippen MR) is 156 cm³/mol. The second kappa shape index (κ2) is 13.3. The second-order valence-electron chi connectivity index (χ2n) is 11.0. The number of halogens is 1. The molecule has 40 heavy (non-hydrogen) atoms. The van der Waals surface area contributed by atoms with E-state index in [1.807, 2.05) is 18.2 Å². The van der Waals surface area contributed by atoms with Crippen molar-refractivity contribution in [3.8, 4) is 5.75 Å². The zero-order chi connectivity index (χ0) is 28.5. The highest BCUT2D eigenvalue weighted by Gasteiger charge is 2.13. The Bertz CT molecular complexity index is 1420. The van der Waals surface area contributed by atoms with Crippen LogP contribution in [0.1, 0.15) is 46.2 Å². The Balaban J connectivity index is 1.30. The van der Waals surface area contributed by atoms with Gasteiger partial charge >= 0.3 is 0 Å². The van der Waals surface area contributed by atoms with E-state index in [-0.39, 0.29) is 12.3 Å². The Hall–Kier alpha value is -4.05. The number of aromatic nitrogens is 4.